The van der Waals surface area contributed by atoms with Crippen LogP contribution in [0.1, 0.15) is 17.5 Å². The first-order valence-electron chi connectivity index (χ1n) is 6.77. The number of hydrogen-bond acceptors (Lipinski definition) is 3. The Morgan fingerprint density at radius 1 is 1.19 bits per heavy atom. The van der Waals surface area contributed by atoms with Crippen LogP contribution in [0.25, 0.3) is 17.0 Å². The third kappa shape index (κ3) is 2.60. The summed E-state index contributed by atoms with van der Waals surface area (Å²) in [7, 11) is 0. The highest BCUT2D eigenvalue weighted by Crippen LogP contribution is 2.30. The molecule has 0 aliphatic heterocycles. The van der Waals surface area contributed by atoms with Gasteiger partial charge in [0.2, 0.25) is 0 Å². The van der Waals surface area contributed by atoms with E-state index in [1.165, 1.54) is 0 Å². The Bertz CT molecular complexity index is 741. The summed E-state index contributed by atoms with van der Waals surface area (Å²) < 4.78 is 13.1. The zero-order valence-corrected chi connectivity index (χ0v) is 11.7. The van der Waals surface area contributed by atoms with Crippen LogP contribution < -0.4 is 4.74 Å². The zero-order chi connectivity index (χ0) is 14.7. The first kappa shape index (κ1) is 13.2. The maximum atomic E-state index is 10.7. The van der Waals surface area contributed by atoms with Gasteiger partial charge in [-0.05, 0) is 49.4 Å². The first-order valence-corrected chi connectivity index (χ1v) is 6.77. The van der Waals surface area contributed by atoms with Crippen LogP contribution in [-0.2, 0) is 0 Å². The summed E-state index contributed by atoms with van der Waals surface area (Å²) in [6, 6.07) is 13.2. The fraction of sp³-hybridized carbons (Fsp3) is 0.118. The molecule has 0 saturated carbocycles. The third-order valence-electron chi connectivity index (χ3n) is 3.17. The van der Waals surface area contributed by atoms with Crippen LogP contribution >= 0.6 is 0 Å². The topological polar surface area (TPSA) is 44.4 Å². The fourth-order valence-corrected chi connectivity index (χ4v) is 2.22. The molecule has 4 heteroatoms. The highest BCUT2D eigenvalue weighted by atomic mass is 16.5. The molecule has 3 rings (SSSR count). The number of carbonyl (C=O) groups excluding carboxylic acids is 1. The standard InChI is InChI=1S/C17H15NO3/c1-2-20-17-7-5-13(16-8-6-14(12-19)21-16)11-15(17)18-9-3-4-10-18/h3-12H,2H2,1H3. The minimum Gasteiger partial charge on any atom is -0.492 e. The van der Waals surface area contributed by atoms with Crippen molar-refractivity contribution in [2.75, 3.05) is 6.61 Å². The smallest absolute Gasteiger partial charge is 0.185 e. The fourth-order valence-electron chi connectivity index (χ4n) is 2.22. The predicted octanol–water partition coefficient (Wildman–Crippen LogP) is 3.95. The Morgan fingerprint density at radius 2 is 2.00 bits per heavy atom. The monoisotopic (exact) mass is 281 g/mol. The van der Waals surface area contributed by atoms with Crippen molar-refractivity contribution >= 4 is 6.29 Å². The zero-order valence-electron chi connectivity index (χ0n) is 11.7. The molecule has 0 atom stereocenters. The molecule has 0 amide bonds. The third-order valence-corrected chi connectivity index (χ3v) is 3.17. The van der Waals surface area contributed by atoms with Gasteiger partial charge in [-0.1, -0.05) is 0 Å². The molecule has 0 aliphatic rings. The number of rotatable bonds is 5. The van der Waals surface area contributed by atoms with Gasteiger partial charge in [0.15, 0.2) is 12.0 Å². The molecule has 0 aliphatic carbocycles. The molecule has 21 heavy (non-hydrogen) atoms. The molecule has 106 valence electrons. The van der Waals surface area contributed by atoms with E-state index in [4.69, 9.17) is 9.15 Å². The molecular formula is C17H15NO3. The van der Waals surface area contributed by atoms with E-state index in [0.29, 0.717) is 24.4 Å². The Kier molecular flexibility index (Phi) is 3.60. The lowest BCUT2D eigenvalue weighted by Crippen LogP contribution is -1.99. The van der Waals surface area contributed by atoms with Gasteiger partial charge in [-0.15, -0.1) is 0 Å². The van der Waals surface area contributed by atoms with Crippen LogP contribution in [0, 0.1) is 0 Å². The summed E-state index contributed by atoms with van der Waals surface area (Å²) in [5.74, 6) is 1.79. The molecule has 2 heterocycles. The normalized spacial score (nSPS) is 10.5. The van der Waals surface area contributed by atoms with Crippen molar-refractivity contribution < 1.29 is 13.9 Å². The summed E-state index contributed by atoms with van der Waals surface area (Å²) in [5.41, 5.74) is 1.83. The van der Waals surface area contributed by atoms with Crippen LogP contribution in [0.3, 0.4) is 0 Å². The van der Waals surface area contributed by atoms with Gasteiger partial charge < -0.3 is 13.7 Å². The van der Waals surface area contributed by atoms with Gasteiger partial charge in [-0.25, -0.2) is 0 Å². The number of ether oxygens (including phenoxy) is 1. The number of carbonyl (C=O) groups is 1. The molecule has 0 spiro atoms. The van der Waals surface area contributed by atoms with Crippen molar-refractivity contribution in [3.8, 4) is 22.8 Å². The molecular weight excluding hydrogens is 266 g/mol. The Balaban J connectivity index is 2.07. The number of hydrogen-bond donors (Lipinski definition) is 0. The Labute approximate surface area is 122 Å². The van der Waals surface area contributed by atoms with Gasteiger partial charge in [-0.3, -0.25) is 4.79 Å². The largest absolute Gasteiger partial charge is 0.492 e. The molecule has 0 radical (unpaired) electrons. The van der Waals surface area contributed by atoms with Gasteiger partial charge in [0, 0.05) is 18.0 Å². The summed E-state index contributed by atoms with van der Waals surface area (Å²) in [6.45, 7) is 2.56. The van der Waals surface area contributed by atoms with E-state index in [2.05, 4.69) is 0 Å². The second-order valence-corrected chi connectivity index (χ2v) is 4.53. The number of benzene rings is 1. The second kappa shape index (κ2) is 5.71. The Hall–Kier alpha value is -2.75. The summed E-state index contributed by atoms with van der Waals surface area (Å²) in [6.07, 6.45) is 4.62. The average molecular weight is 281 g/mol. The van der Waals surface area contributed by atoms with E-state index in [1.54, 1.807) is 12.1 Å². The van der Waals surface area contributed by atoms with Crippen LogP contribution in [0.2, 0.25) is 0 Å². The van der Waals surface area contributed by atoms with Crippen molar-refractivity contribution in [1.29, 1.82) is 0 Å². The van der Waals surface area contributed by atoms with Gasteiger partial charge in [0.05, 0.1) is 12.3 Å². The van der Waals surface area contributed by atoms with E-state index < -0.39 is 0 Å². The van der Waals surface area contributed by atoms with E-state index in [-0.39, 0.29) is 0 Å². The first-order chi connectivity index (χ1) is 10.3. The van der Waals surface area contributed by atoms with E-state index >= 15 is 0 Å². The highest BCUT2D eigenvalue weighted by Gasteiger charge is 2.10. The molecule has 0 saturated heterocycles. The van der Waals surface area contributed by atoms with Crippen LogP contribution in [-0.4, -0.2) is 17.5 Å². The Morgan fingerprint density at radius 3 is 2.67 bits per heavy atom. The van der Waals surface area contributed by atoms with Gasteiger partial charge >= 0.3 is 0 Å². The summed E-state index contributed by atoms with van der Waals surface area (Å²) >= 11 is 0. The molecule has 0 bridgehead atoms. The van der Waals surface area contributed by atoms with Gasteiger partial charge in [0.1, 0.15) is 11.5 Å². The lowest BCUT2D eigenvalue weighted by molar-refractivity contribution is 0.110. The summed E-state index contributed by atoms with van der Waals surface area (Å²) in [4.78, 5) is 10.7. The van der Waals surface area contributed by atoms with Crippen molar-refractivity contribution in [2.24, 2.45) is 0 Å². The lowest BCUT2D eigenvalue weighted by Gasteiger charge is -2.12. The lowest BCUT2D eigenvalue weighted by atomic mass is 10.1. The van der Waals surface area contributed by atoms with Crippen molar-refractivity contribution in [3.63, 3.8) is 0 Å². The van der Waals surface area contributed by atoms with Gasteiger partial charge in [-0.2, -0.15) is 0 Å². The molecule has 2 aromatic heterocycles. The van der Waals surface area contributed by atoms with Crippen molar-refractivity contribution in [1.82, 2.24) is 4.57 Å². The highest BCUT2D eigenvalue weighted by molar-refractivity contribution is 5.73. The average Bonchev–Trinajstić information content (AvgIpc) is 3.19. The molecule has 0 unspecified atom stereocenters. The summed E-state index contributed by atoms with van der Waals surface area (Å²) in [5, 5.41) is 0. The van der Waals surface area contributed by atoms with Crippen LogP contribution in [0.5, 0.6) is 5.75 Å². The number of nitrogens with zero attached hydrogens (tertiary/aromatic N) is 1. The molecule has 0 N–H and O–H groups in total. The SMILES string of the molecule is CCOc1ccc(-c2ccc(C=O)o2)cc1-n1cccc1. The maximum absolute atomic E-state index is 10.7. The van der Waals surface area contributed by atoms with Crippen molar-refractivity contribution in [2.45, 2.75) is 6.92 Å². The van der Waals surface area contributed by atoms with E-state index in [9.17, 15) is 4.79 Å². The predicted molar refractivity (Wildman–Crippen MR) is 80.0 cm³/mol. The minimum atomic E-state index is 0.321. The molecule has 4 nitrogen and oxygen atoms in total. The van der Waals surface area contributed by atoms with E-state index in [0.717, 1.165) is 17.0 Å². The number of aromatic nitrogens is 1. The second-order valence-electron chi connectivity index (χ2n) is 4.53. The minimum absolute atomic E-state index is 0.321. The molecule has 3 aromatic rings. The number of furan rings is 1. The number of aldehydes is 1. The van der Waals surface area contributed by atoms with Crippen LogP contribution in [0.15, 0.2) is 59.3 Å². The molecule has 0 fully saturated rings. The molecule has 1 aromatic carbocycles. The van der Waals surface area contributed by atoms with Crippen molar-refractivity contribution in [3.05, 3.63) is 60.6 Å². The van der Waals surface area contributed by atoms with Gasteiger partial charge in [0.25, 0.3) is 0 Å². The van der Waals surface area contributed by atoms with Crippen LogP contribution in [0.4, 0.5) is 0 Å². The quantitative estimate of drug-likeness (QED) is 0.665. The maximum Gasteiger partial charge on any atom is 0.185 e. The van der Waals surface area contributed by atoms with E-state index in [1.807, 2.05) is 54.2 Å².